The van der Waals surface area contributed by atoms with Gasteiger partial charge >= 0.3 is 0 Å². The van der Waals surface area contributed by atoms with E-state index in [0.29, 0.717) is 11.1 Å². The third-order valence-electron chi connectivity index (χ3n) is 2.15. The molecule has 3 heteroatoms. The molecule has 0 aromatic rings. The van der Waals surface area contributed by atoms with E-state index >= 15 is 0 Å². The molecule has 1 aliphatic rings. The third-order valence-corrected chi connectivity index (χ3v) is 2.15. The molecule has 0 aromatic heterocycles. The van der Waals surface area contributed by atoms with Gasteiger partial charge < -0.3 is 9.47 Å². The quantitative estimate of drug-likeness (QED) is 0.522. The molecule has 0 heterocycles. The Morgan fingerprint density at radius 1 is 1.44 bits per heavy atom. The summed E-state index contributed by atoms with van der Waals surface area (Å²) in [5.41, 5.74) is 1.19. The van der Waals surface area contributed by atoms with E-state index in [1.807, 2.05) is 0 Å². The van der Waals surface area contributed by atoms with Gasteiger partial charge in [0.25, 0.3) is 0 Å². The molecule has 0 amide bonds. The lowest BCUT2D eigenvalue weighted by Crippen LogP contribution is -2.35. The summed E-state index contributed by atoms with van der Waals surface area (Å²) >= 11 is 0. The first-order valence-electron chi connectivity index (χ1n) is 4.77. The number of rotatable bonds is 2. The van der Waals surface area contributed by atoms with Crippen molar-refractivity contribution in [2.24, 2.45) is 0 Å². The lowest BCUT2D eigenvalue weighted by molar-refractivity contribution is -0.141. The van der Waals surface area contributed by atoms with Crippen LogP contribution < -0.4 is 0 Å². The highest BCUT2D eigenvalue weighted by molar-refractivity contribution is 6.02. The average molecular weight is 218 g/mol. The zero-order chi connectivity index (χ0) is 12.2. The second-order valence-electron chi connectivity index (χ2n) is 3.40. The first-order valence-corrected chi connectivity index (χ1v) is 4.77. The van der Waals surface area contributed by atoms with Crippen LogP contribution in [0.1, 0.15) is 6.92 Å². The van der Waals surface area contributed by atoms with Crippen LogP contribution in [0.15, 0.2) is 36.0 Å². The molecule has 0 spiro atoms. The van der Waals surface area contributed by atoms with Crippen LogP contribution in [0.5, 0.6) is 0 Å². The van der Waals surface area contributed by atoms with E-state index in [1.165, 1.54) is 26.4 Å². The average Bonchev–Trinajstić information content (AvgIpc) is 2.27. The number of hydrogen-bond acceptors (Lipinski definition) is 3. The highest BCUT2D eigenvalue weighted by Gasteiger charge is 2.33. The topological polar surface area (TPSA) is 35.5 Å². The zero-order valence-corrected chi connectivity index (χ0v) is 9.66. The Balaban J connectivity index is 3.15. The van der Waals surface area contributed by atoms with Gasteiger partial charge in [-0.3, -0.25) is 4.79 Å². The van der Waals surface area contributed by atoms with Crippen molar-refractivity contribution in [3.05, 3.63) is 36.0 Å². The predicted molar refractivity (Wildman–Crippen MR) is 61.6 cm³/mol. The minimum Gasteiger partial charge on any atom is -0.346 e. The maximum absolute atomic E-state index is 11.3. The number of carbonyl (C=O) groups excluding carboxylic acids is 1. The van der Waals surface area contributed by atoms with Crippen molar-refractivity contribution in [2.75, 3.05) is 14.2 Å². The Morgan fingerprint density at radius 2 is 2.06 bits per heavy atom. The van der Waals surface area contributed by atoms with Crippen LogP contribution in [0.4, 0.5) is 0 Å². The fraction of sp³-hybridized carbons (Fsp3) is 0.308. The van der Waals surface area contributed by atoms with E-state index in [2.05, 4.69) is 18.4 Å². The van der Waals surface area contributed by atoms with Crippen molar-refractivity contribution < 1.29 is 14.3 Å². The summed E-state index contributed by atoms with van der Waals surface area (Å²) in [5.74, 6) is 4.45. The standard InChI is InChI=1S/C13H14O3/c1-10(2)5-6-11-9-12(14)7-8-13(11,15-3)16-4/h7-9H,1H2,2-4H3. The highest BCUT2D eigenvalue weighted by Crippen LogP contribution is 2.26. The second kappa shape index (κ2) is 4.93. The maximum atomic E-state index is 11.3. The molecule has 16 heavy (non-hydrogen) atoms. The number of ether oxygens (including phenoxy) is 2. The maximum Gasteiger partial charge on any atom is 0.223 e. The molecule has 0 fully saturated rings. The van der Waals surface area contributed by atoms with Crippen LogP contribution in [-0.4, -0.2) is 25.8 Å². The minimum atomic E-state index is -1.06. The van der Waals surface area contributed by atoms with Crippen LogP contribution in [0.2, 0.25) is 0 Å². The smallest absolute Gasteiger partial charge is 0.223 e. The fourth-order valence-corrected chi connectivity index (χ4v) is 1.31. The molecule has 0 unspecified atom stereocenters. The van der Waals surface area contributed by atoms with E-state index in [-0.39, 0.29) is 5.78 Å². The summed E-state index contributed by atoms with van der Waals surface area (Å²) in [6.07, 6.45) is 4.36. The molecule has 0 saturated carbocycles. The molecule has 0 bridgehead atoms. The lowest BCUT2D eigenvalue weighted by Gasteiger charge is -2.29. The normalized spacial score (nSPS) is 17.4. The number of ketones is 1. The molecule has 0 aromatic carbocycles. The van der Waals surface area contributed by atoms with E-state index < -0.39 is 5.79 Å². The van der Waals surface area contributed by atoms with Gasteiger partial charge in [-0.15, -0.1) is 0 Å². The van der Waals surface area contributed by atoms with Crippen LogP contribution in [0.3, 0.4) is 0 Å². The van der Waals surface area contributed by atoms with Crippen molar-refractivity contribution in [2.45, 2.75) is 12.7 Å². The van der Waals surface area contributed by atoms with Gasteiger partial charge in [0.15, 0.2) is 5.78 Å². The summed E-state index contributed by atoms with van der Waals surface area (Å²) in [7, 11) is 3.00. The summed E-state index contributed by atoms with van der Waals surface area (Å²) < 4.78 is 10.5. The SMILES string of the molecule is C=C(C)C#CC1=CC(=O)C=CC1(OC)OC. The molecule has 0 radical (unpaired) electrons. The molecule has 0 saturated heterocycles. The molecule has 0 N–H and O–H groups in total. The van der Waals surface area contributed by atoms with Crippen LogP contribution in [0, 0.1) is 11.8 Å². The molecule has 84 valence electrons. The van der Waals surface area contributed by atoms with E-state index in [4.69, 9.17) is 9.47 Å². The highest BCUT2D eigenvalue weighted by atomic mass is 16.7. The summed E-state index contributed by atoms with van der Waals surface area (Å²) in [6.45, 7) is 5.46. The first kappa shape index (κ1) is 12.4. The van der Waals surface area contributed by atoms with Gasteiger partial charge in [-0.25, -0.2) is 0 Å². The number of methoxy groups -OCH3 is 2. The summed E-state index contributed by atoms with van der Waals surface area (Å²) in [5, 5.41) is 0. The Hall–Kier alpha value is -1.63. The Morgan fingerprint density at radius 3 is 2.56 bits per heavy atom. The molecule has 3 nitrogen and oxygen atoms in total. The Labute approximate surface area is 95.4 Å². The molecule has 1 rings (SSSR count). The van der Waals surface area contributed by atoms with Gasteiger partial charge in [-0.2, -0.15) is 0 Å². The third kappa shape index (κ3) is 2.48. The van der Waals surface area contributed by atoms with Crippen molar-refractivity contribution in [3.8, 4) is 11.8 Å². The summed E-state index contributed by atoms with van der Waals surface area (Å²) in [4.78, 5) is 11.3. The Bertz CT molecular complexity index is 426. The van der Waals surface area contributed by atoms with Crippen molar-refractivity contribution in [1.29, 1.82) is 0 Å². The van der Waals surface area contributed by atoms with Crippen LogP contribution >= 0.6 is 0 Å². The molecule has 1 aliphatic carbocycles. The zero-order valence-electron chi connectivity index (χ0n) is 9.66. The van der Waals surface area contributed by atoms with Crippen molar-refractivity contribution in [3.63, 3.8) is 0 Å². The van der Waals surface area contributed by atoms with Crippen LogP contribution in [-0.2, 0) is 14.3 Å². The van der Waals surface area contributed by atoms with E-state index in [9.17, 15) is 4.79 Å². The lowest BCUT2D eigenvalue weighted by atomic mass is 9.98. The van der Waals surface area contributed by atoms with Gasteiger partial charge in [-0.05, 0) is 24.6 Å². The van der Waals surface area contributed by atoms with Crippen molar-refractivity contribution in [1.82, 2.24) is 0 Å². The first-order chi connectivity index (χ1) is 7.54. The van der Waals surface area contributed by atoms with E-state index in [0.717, 1.165) is 0 Å². The number of allylic oxidation sites excluding steroid dienone is 3. The van der Waals surface area contributed by atoms with Crippen LogP contribution in [0.25, 0.3) is 0 Å². The molecule has 0 aliphatic heterocycles. The molecular formula is C13H14O3. The molecule has 0 atom stereocenters. The minimum absolute atomic E-state index is 0.129. The van der Waals surface area contributed by atoms with Gasteiger partial charge in [0.05, 0.1) is 5.57 Å². The largest absolute Gasteiger partial charge is 0.346 e. The van der Waals surface area contributed by atoms with Gasteiger partial charge in [0, 0.05) is 20.3 Å². The fourth-order valence-electron chi connectivity index (χ4n) is 1.31. The number of hydrogen-bond donors (Lipinski definition) is 0. The summed E-state index contributed by atoms with van der Waals surface area (Å²) in [6, 6.07) is 0. The van der Waals surface area contributed by atoms with Gasteiger partial charge in [0.2, 0.25) is 5.79 Å². The second-order valence-corrected chi connectivity index (χ2v) is 3.40. The van der Waals surface area contributed by atoms with Gasteiger partial charge in [-0.1, -0.05) is 18.4 Å². The van der Waals surface area contributed by atoms with Crippen molar-refractivity contribution >= 4 is 5.78 Å². The predicted octanol–water partition coefficient (Wildman–Crippen LogP) is 1.62. The van der Waals surface area contributed by atoms with Gasteiger partial charge in [0.1, 0.15) is 0 Å². The number of carbonyl (C=O) groups is 1. The Kier molecular flexibility index (Phi) is 3.83. The molecular weight excluding hydrogens is 204 g/mol. The van der Waals surface area contributed by atoms with E-state index in [1.54, 1.807) is 13.0 Å². The monoisotopic (exact) mass is 218 g/mol.